The summed E-state index contributed by atoms with van der Waals surface area (Å²) < 4.78 is 15.8. The van der Waals surface area contributed by atoms with E-state index in [1.54, 1.807) is 22.9 Å². The number of aromatic nitrogens is 2. The van der Waals surface area contributed by atoms with Crippen LogP contribution in [0.25, 0.3) is 5.69 Å². The molecule has 4 nitrogen and oxygen atoms in total. The van der Waals surface area contributed by atoms with E-state index in [2.05, 4.69) is 22.3 Å². The Morgan fingerprint density at radius 3 is 2.70 bits per heavy atom. The van der Waals surface area contributed by atoms with Crippen molar-refractivity contribution in [2.45, 2.75) is 19.3 Å². The molecule has 0 radical (unpaired) electrons. The van der Waals surface area contributed by atoms with Crippen LogP contribution in [-0.2, 0) is 12.8 Å². The van der Waals surface area contributed by atoms with Gasteiger partial charge in [0.15, 0.2) is 5.69 Å². The molecule has 0 aliphatic heterocycles. The summed E-state index contributed by atoms with van der Waals surface area (Å²) in [6.07, 6.45) is 2.51. The number of hydrogen-bond donors (Lipinski definition) is 1. The van der Waals surface area contributed by atoms with E-state index in [1.165, 1.54) is 6.07 Å². The molecule has 0 bridgehead atoms. The molecule has 0 saturated heterocycles. The Balaban J connectivity index is 1.54. The van der Waals surface area contributed by atoms with Crippen molar-refractivity contribution in [3.8, 4) is 17.5 Å². The van der Waals surface area contributed by atoms with Crippen molar-refractivity contribution < 1.29 is 9.18 Å². The van der Waals surface area contributed by atoms with E-state index < -0.39 is 0 Å². The maximum Gasteiger partial charge on any atom is 0.272 e. The highest BCUT2D eigenvalue weighted by Gasteiger charge is 2.27. The number of hydrogen-bond acceptors (Lipinski definition) is 2. The maximum absolute atomic E-state index is 14.2. The molecule has 1 N–H and O–H groups in total. The number of amides is 1. The van der Waals surface area contributed by atoms with E-state index in [1.807, 2.05) is 30.3 Å². The van der Waals surface area contributed by atoms with Crippen molar-refractivity contribution in [1.29, 1.82) is 0 Å². The third-order valence-corrected chi connectivity index (χ3v) is 4.57. The van der Waals surface area contributed by atoms with Gasteiger partial charge in [0.2, 0.25) is 0 Å². The number of halogens is 1. The fourth-order valence-corrected chi connectivity index (χ4v) is 3.32. The van der Waals surface area contributed by atoms with Gasteiger partial charge in [-0.3, -0.25) is 4.79 Å². The van der Waals surface area contributed by atoms with Crippen LogP contribution in [0, 0.1) is 17.7 Å². The lowest BCUT2D eigenvalue weighted by Gasteiger charge is -2.06. The summed E-state index contributed by atoms with van der Waals surface area (Å²) >= 11 is 0. The zero-order chi connectivity index (χ0) is 18.6. The van der Waals surface area contributed by atoms with Gasteiger partial charge >= 0.3 is 0 Å². The lowest BCUT2D eigenvalue weighted by molar-refractivity contribution is 0.0952. The summed E-state index contributed by atoms with van der Waals surface area (Å²) in [7, 11) is 0. The fourth-order valence-electron chi connectivity index (χ4n) is 3.32. The van der Waals surface area contributed by atoms with Crippen molar-refractivity contribution in [2.75, 3.05) is 6.54 Å². The highest BCUT2D eigenvalue weighted by atomic mass is 19.1. The predicted octanol–water partition coefficient (Wildman–Crippen LogP) is 3.28. The molecule has 0 fully saturated rings. The van der Waals surface area contributed by atoms with E-state index in [0.717, 1.165) is 36.1 Å². The Labute approximate surface area is 157 Å². The van der Waals surface area contributed by atoms with Crippen molar-refractivity contribution >= 4 is 5.91 Å². The molecular formula is C22H18FN3O. The molecule has 27 heavy (non-hydrogen) atoms. The second-order valence-corrected chi connectivity index (χ2v) is 6.34. The quantitative estimate of drug-likeness (QED) is 0.730. The molecule has 3 aromatic rings. The summed E-state index contributed by atoms with van der Waals surface area (Å²) in [4.78, 5) is 12.6. The third-order valence-electron chi connectivity index (χ3n) is 4.57. The average Bonchev–Trinajstić information content (AvgIpc) is 3.29. The Bertz CT molecular complexity index is 1040. The number of fused-ring (bicyclic) bond motifs is 1. The first-order valence-electron chi connectivity index (χ1n) is 8.92. The molecule has 0 unspecified atom stereocenters. The van der Waals surface area contributed by atoms with Gasteiger partial charge in [0.05, 0.1) is 6.54 Å². The summed E-state index contributed by atoms with van der Waals surface area (Å²) in [5.74, 6) is 5.32. The highest BCUT2D eigenvalue weighted by molar-refractivity contribution is 5.94. The Kier molecular flexibility index (Phi) is 4.71. The first kappa shape index (κ1) is 17.0. The number of para-hydroxylation sites is 1. The molecule has 0 atom stereocenters. The van der Waals surface area contributed by atoms with Crippen LogP contribution in [0.2, 0.25) is 0 Å². The van der Waals surface area contributed by atoms with E-state index in [4.69, 9.17) is 0 Å². The molecule has 1 aliphatic carbocycles. The van der Waals surface area contributed by atoms with Crippen LogP contribution in [-0.4, -0.2) is 22.2 Å². The smallest absolute Gasteiger partial charge is 0.272 e. The summed E-state index contributed by atoms with van der Waals surface area (Å²) in [5.41, 5.74) is 3.47. The Morgan fingerprint density at radius 1 is 1.11 bits per heavy atom. The van der Waals surface area contributed by atoms with Crippen LogP contribution in [0.4, 0.5) is 4.39 Å². The van der Waals surface area contributed by atoms with Gasteiger partial charge in [0.25, 0.3) is 5.91 Å². The predicted molar refractivity (Wildman–Crippen MR) is 101 cm³/mol. The van der Waals surface area contributed by atoms with Gasteiger partial charge in [0.1, 0.15) is 11.5 Å². The summed E-state index contributed by atoms with van der Waals surface area (Å²) in [6.45, 7) is 0.231. The molecule has 1 aliphatic rings. The van der Waals surface area contributed by atoms with Crippen molar-refractivity contribution in [3.63, 3.8) is 0 Å². The molecule has 1 aromatic heterocycles. The minimum absolute atomic E-state index is 0.231. The lowest BCUT2D eigenvalue weighted by Crippen LogP contribution is -2.25. The Morgan fingerprint density at radius 2 is 1.89 bits per heavy atom. The standard InChI is InChI=1S/C22H18FN3O/c23-18-12-4-5-13-20(18)26-19-14-6-11-17(19)21(25-26)22(27)24-15-7-10-16-8-2-1-3-9-16/h1-5,8-9,12-13H,6,11,14-15H2,(H,24,27). The molecule has 4 rings (SSSR count). The lowest BCUT2D eigenvalue weighted by atomic mass is 10.2. The van der Waals surface area contributed by atoms with E-state index in [-0.39, 0.29) is 18.3 Å². The van der Waals surface area contributed by atoms with Crippen molar-refractivity contribution in [2.24, 2.45) is 0 Å². The largest absolute Gasteiger partial charge is 0.340 e. The van der Waals surface area contributed by atoms with Gasteiger partial charge in [-0.2, -0.15) is 5.10 Å². The first-order valence-corrected chi connectivity index (χ1v) is 8.92. The molecule has 1 amide bonds. The zero-order valence-corrected chi connectivity index (χ0v) is 14.7. The summed E-state index contributed by atoms with van der Waals surface area (Å²) in [5, 5.41) is 7.21. The van der Waals surface area contributed by atoms with Crippen molar-refractivity contribution in [1.82, 2.24) is 15.1 Å². The SMILES string of the molecule is O=C(NCC#Cc1ccccc1)c1nn(-c2ccccc2F)c2c1CCC2. The van der Waals surface area contributed by atoms with Crippen LogP contribution in [0.3, 0.4) is 0 Å². The Hall–Kier alpha value is -3.39. The highest BCUT2D eigenvalue weighted by Crippen LogP contribution is 2.28. The fraction of sp³-hybridized carbons (Fsp3) is 0.182. The van der Waals surface area contributed by atoms with Gasteiger partial charge in [-0.05, 0) is 43.5 Å². The van der Waals surface area contributed by atoms with Gasteiger partial charge in [-0.15, -0.1) is 0 Å². The molecule has 0 spiro atoms. The van der Waals surface area contributed by atoms with Crippen LogP contribution in [0.15, 0.2) is 54.6 Å². The minimum atomic E-state index is -0.351. The van der Waals surface area contributed by atoms with Crippen LogP contribution >= 0.6 is 0 Å². The molecule has 2 aromatic carbocycles. The average molecular weight is 359 g/mol. The number of benzene rings is 2. The van der Waals surface area contributed by atoms with E-state index >= 15 is 0 Å². The topological polar surface area (TPSA) is 46.9 Å². The van der Waals surface area contributed by atoms with Gasteiger partial charge in [0, 0.05) is 16.8 Å². The first-order chi connectivity index (χ1) is 13.2. The van der Waals surface area contributed by atoms with Gasteiger partial charge in [-0.25, -0.2) is 9.07 Å². The molecule has 0 saturated carbocycles. The van der Waals surface area contributed by atoms with Gasteiger partial charge in [-0.1, -0.05) is 42.2 Å². The number of nitrogens with one attached hydrogen (secondary N) is 1. The molecule has 5 heteroatoms. The van der Waals surface area contributed by atoms with Gasteiger partial charge < -0.3 is 5.32 Å². The van der Waals surface area contributed by atoms with Crippen LogP contribution in [0.1, 0.15) is 33.7 Å². The maximum atomic E-state index is 14.2. The number of carbonyl (C=O) groups is 1. The van der Waals surface area contributed by atoms with Crippen molar-refractivity contribution in [3.05, 3.63) is 82.9 Å². The summed E-state index contributed by atoms with van der Waals surface area (Å²) in [6, 6.07) is 16.1. The molecule has 1 heterocycles. The second-order valence-electron chi connectivity index (χ2n) is 6.34. The van der Waals surface area contributed by atoms with Crippen LogP contribution < -0.4 is 5.32 Å². The monoisotopic (exact) mass is 359 g/mol. The van der Waals surface area contributed by atoms with Crippen LogP contribution in [0.5, 0.6) is 0 Å². The molecule has 134 valence electrons. The normalized spacial score (nSPS) is 12.2. The zero-order valence-electron chi connectivity index (χ0n) is 14.7. The number of rotatable bonds is 3. The molecular weight excluding hydrogens is 341 g/mol. The second kappa shape index (κ2) is 7.46. The third kappa shape index (κ3) is 3.47. The number of nitrogens with zero attached hydrogens (tertiary/aromatic N) is 2. The minimum Gasteiger partial charge on any atom is -0.340 e. The van der Waals surface area contributed by atoms with E-state index in [0.29, 0.717) is 11.4 Å². The number of carbonyl (C=O) groups excluding carboxylic acids is 1. The van der Waals surface area contributed by atoms with E-state index in [9.17, 15) is 9.18 Å².